The van der Waals surface area contributed by atoms with Gasteiger partial charge in [-0.1, -0.05) is 26.8 Å². The largest absolute Gasteiger partial charge is 0.489 e. The van der Waals surface area contributed by atoms with Crippen LogP contribution in [0.15, 0.2) is 30.5 Å². The van der Waals surface area contributed by atoms with Crippen molar-refractivity contribution in [1.82, 2.24) is 15.1 Å². The quantitative estimate of drug-likeness (QED) is 0.658. The maximum absolute atomic E-state index is 13.0. The number of rotatable bonds is 8. The molecule has 1 saturated heterocycles. The second kappa shape index (κ2) is 10.1. The van der Waals surface area contributed by atoms with Crippen molar-refractivity contribution in [3.05, 3.63) is 41.6 Å². The summed E-state index contributed by atoms with van der Waals surface area (Å²) in [4.78, 5) is 29.7. The second-order valence-electron chi connectivity index (χ2n) is 9.44. The molecule has 32 heavy (non-hydrogen) atoms. The number of allylic oxidation sites excluding steroid dienone is 1. The molecule has 1 aromatic carbocycles. The number of piperidine rings is 1. The monoisotopic (exact) mass is 439 g/mol. The summed E-state index contributed by atoms with van der Waals surface area (Å²) >= 11 is 0. The number of ether oxygens (including phenoxy) is 1. The Balaban J connectivity index is 1.47. The highest BCUT2D eigenvalue weighted by Crippen LogP contribution is 2.33. The molecule has 1 aliphatic carbocycles. The van der Waals surface area contributed by atoms with Gasteiger partial charge in [0.1, 0.15) is 17.9 Å². The molecule has 2 heterocycles. The molecule has 1 saturated carbocycles. The highest BCUT2D eigenvalue weighted by atomic mass is 16.5. The number of fused-ring (bicyclic) bond motifs is 1. The van der Waals surface area contributed by atoms with Crippen LogP contribution < -0.4 is 10.1 Å². The summed E-state index contributed by atoms with van der Waals surface area (Å²) in [5.41, 5.74) is 2.37. The fourth-order valence-electron chi connectivity index (χ4n) is 5.53. The lowest BCUT2D eigenvalue weighted by molar-refractivity contribution is -0.126. The molecule has 1 aromatic rings. The number of nitrogens with zero attached hydrogens (tertiary/aromatic N) is 2. The molecule has 0 spiro atoms. The molecule has 3 aliphatic rings. The molecule has 3 atom stereocenters. The van der Waals surface area contributed by atoms with Crippen LogP contribution in [0.2, 0.25) is 0 Å². The van der Waals surface area contributed by atoms with Gasteiger partial charge in [-0.05, 0) is 81.8 Å². The van der Waals surface area contributed by atoms with E-state index in [-0.39, 0.29) is 17.9 Å². The van der Waals surface area contributed by atoms with E-state index in [0.717, 1.165) is 49.4 Å². The van der Waals surface area contributed by atoms with Gasteiger partial charge in [0.25, 0.3) is 5.91 Å². The summed E-state index contributed by atoms with van der Waals surface area (Å²) in [5.74, 6) is 0.646. The van der Waals surface area contributed by atoms with Gasteiger partial charge in [-0.3, -0.25) is 14.5 Å². The first kappa shape index (κ1) is 22.8. The van der Waals surface area contributed by atoms with Crippen LogP contribution in [-0.4, -0.2) is 52.9 Å². The fraction of sp³-hybridized carbons (Fsp3) is 0.615. The molecule has 0 bridgehead atoms. The van der Waals surface area contributed by atoms with Crippen molar-refractivity contribution in [1.29, 1.82) is 0 Å². The Labute approximate surface area is 192 Å². The predicted octanol–water partition coefficient (Wildman–Crippen LogP) is 4.25. The van der Waals surface area contributed by atoms with E-state index in [4.69, 9.17) is 4.74 Å². The van der Waals surface area contributed by atoms with Crippen molar-refractivity contribution >= 4 is 11.8 Å². The van der Waals surface area contributed by atoms with Gasteiger partial charge in [0, 0.05) is 23.8 Å². The zero-order valence-electron chi connectivity index (χ0n) is 19.6. The van der Waals surface area contributed by atoms with Crippen molar-refractivity contribution in [2.24, 2.45) is 0 Å². The Morgan fingerprint density at radius 1 is 1.12 bits per heavy atom. The van der Waals surface area contributed by atoms with E-state index >= 15 is 0 Å². The molecule has 1 N–H and O–H groups in total. The summed E-state index contributed by atoms with van der Waals surface area (Å²) in [6.45, 7) is 11.0. The van der Waals surface area contributed by atoms with Gasteiger partial charge in [0.05, 0.1) is 0 Å². The Morgan fingerprint density at radius 2 is 1.88 bits per heavy atom. The lowest BCUT2D eigenvalue weighted by Gasteiger charge is -2.39. The molecule has 1 unspecified atom stereocenters. The van der Waals surface area contributed by atoms with E-state index in [1.54, 1.807) is 4.90 Å². The molecule has 2 aliphatic heterocycles. The maximum Gasteiger partial charge on any atom is 0.255 e. The third kappa shape index (κ3) is 4.70. The van der Waals surface area contributed by atoms with Crippen LogP contribution >= 0.6 is 0 Å². The molecular formula is C26H37N3O3. The van der Waals surface area contributed by atoms with Crippen LogP contribution in [0.1, 0.15) is 81.1 Å². The molecular weight excluding hydrogens is 402 g/mol. The van der Waals surface area contributed by atoms with Crippen LogP contribution in [0.4, 0.5) is 0 Å². The third-order valence-electron chi connectivity index (χ3n) is 7.05. The fourth-order valence-corrected chi connectivity index (χ4v) is 5.53. The lowest BCUT2D eigenvalue weighted by Crippen LogP contribution is -2.49. The molecule has 4 rings (SSSR count). The second-order valence-corrected chi connectivity index (χ2v) is 9.44. The van der Waals surface area contributed by atoms with Gasteiger partial charge in [0.15, 0.2) is 0 Å². The van der Waals surface area contributed by atoms with Gasteiger partial charge < -0.3 is 15.0 Å². The molecule has 174 valence electrons. The summed E-state index contributed by atoms with van der Waals surface area (Å²) in [7, 11) is 0. The van der Waals surface area contributed by atoms with E-state index in [0.29, 0.717) is 31.0 Å². The van der Waals surface area contributed by atoms with Crippen LogP contribution in [0, 0.1) is 0 Å². The molecule has 6 nitrogen and oxygen atoms in total. The number of hydrogen-bond donors (Lipinski definition) is 1. The van der Waals surface area contributed by atoms with Gasteiger partial charge in [0.2, 0.25) is 5.91 Å². The lowest BCUT2D eigenvalue weighted by atomic mass is 9.90. The minimum absolute atomic E-state index is 0.0631. The predicted molar refractivity (Wildman–Crippen MR) is 125 cm³/mol. The van der Waals surface area contributed by atoms with Crippen molar-refractivity contribution in [3.63, 3.8) is 0 Å². The summed E-state index contributed by atoms with van der Waals surface area (Å²) < 4.78 is 6.56. The van der Waals surface area contributed by atoms with Crippen LogP contribution in [0.3, 0.4) is 0 Å². The highest BCUT2D eigenvalue weighted by Gasteiger charge is 2.38. The first-order valence-corrected chi connectivity index (χ1v) is 12.3. The number of benzene rings is 1. The van der Waals surface area contributed by atoms with Crippen LogP contribution in [0.25, 0.3) is 0 Å². The van der Waals surface area contributed by atoms with E-state index < -0.39 is 6.04 Å². The smallest absolute Gasteiger partial charge is 0.255 e. The SMILES string of the molecule is C=C1CCC(N2Cc3cc(O[C@@H]4CCCC[C@@H]4N(CCC)CCC)ccc3C2=O)C(=O)N1. The summed E-state index contributed by atoms with van der Waals surface area (Å²) in [6.07, 6.45) is 8.55. The van der Waals surface area contributed by atoms with Crippen molar-refractivity contribution in [2.75, 3.05) is 13.1 Å². The molecule has 2 amide bonds. The van der Waals surface area contributed by atoms with E-state index in [1.165, 1.54) is 19.3 Å². The van der Waals surface area contributed by atoms with Crippen molar-refractivity contribution < 1.29 is 14.3 Å². The average Bonchev–Trinajstić information content (AvgIpc) is 3.09. The number of carbonyl (C=O) groups is 2. The van der Waals surface area contributed by atoms with Crippen LogP contribution in [0.5, 0.6) is 5.75 Å². The Bertz CT molecular complexity index is 862. The minimum Gasteiger partial charge on any atom is -0.489 e. The van der Waals surface area contributed by atoms with Gasteiger partial charge in [-0.25, -0.2) is 0 Å². The zero-order valence-corrected chi connectivity index (χ0v) is 19.6. The van der Waals surface area contributed by atoms with Crippen molar-refractivity contribution in [2.45, 2.75) is 89.9 Å². The number of hydrogen-bond acceptors (Lipinski definition) is 4. The first-order valence-electron chi connectivity index (χ1n) is 12.3. The Hall–Kier alpha value is -2.34. The average molecular weight is 440 g/mol. The summed E-state index contributed by atoms with van der Waals surface area (Å²) in [6, 6.07) is 5.85. The highest BCUT2D eigenvalue weighted by molar-refractivity contribution is 6.01. The van der Waals surface area contributed by atoms with E-state index in [1.807, 2.05) is 18.2 Å². The molecule has 2 fully saturated rings. The maximum atomic E-state index is 13.0. The number of carbonyl (C=O) groups excluding carboxylic acids is 2. The van der Waals surface area contributed by atoms with Gasteiger partial charge in [-0.15, -0.1) is 0 Å². The standard InChI is InChI=1S/C26H37N3O3/c1-4-14-28(15-5-2)22-8-6-7-9-24(22)32-20-11-12-21-19(16-20)17-29(26(21)31)23-13-10-18(3)27-25(23)30/h11-12,16,22-24H,3-10,13-15,17H2,1-2H3,(H,27,30)/t22-,23?,24+/m0/s1. The number of amides is 2. The van der Waals surface area contributed by atoms with E-state index in [2.05, 4.69) is 30.6 Å². The zero-order chi connectivity index (χ0) is 22.7. The van der Waals surface area contributed by atoms with Gasteiger partial charge in [-0.2, -0.15) is 0 Å². The Kier molecular flexibility index (Phi) is 7.19. The number of nitrogens with one attached hydrogen (secondary N) is 1. The molecule has 0 radical (unpaired) electrons. The normalized spacial score (nSPS) is 25.8. The molecule has 0 aromatic heterocycles. The van der Waals surface area contributed by atoms with Gasteiger partial charge >= 0.3 is 0 Å². The summed E-state index contributed by atoms with van der Waals surface area (Å²) in [5, 5.41) is 2.80. The minimum atomic E-state index is -0.427. The van der Waals surface area contributed by atoms with E-state index in [9.17, 15) is 9.59 Å². The molecule has 6 heteroatoms. The third-order valence-corrected chi connectivity index (χ3v) is 7.05. The Morgan fingerprint density at radius 3 is 2.59 bits per heavy atom. The first-order chi connectivity index (χ1) is 15.5. The van der Waals surface area contributed by atoms with Crippen molar-refractivity contribution in [3.8, 4) is 5.75 Å². The van der Waals surface area contributed by atoms with Crippen LogP contribution in [-0.2, 0) is 11.3 Å². The topological polar surface area (TPSA) is 61.9 Å².